The number of nitrogens with zero attached hydrogens (tertiary/aromatic N) is 2. The van der Waals surface area contributed by atoms with Crippen LogP contribution in [0.3, 0.4) is 0 Å². The number of nitrogens with one attached hydrogen (secondary N) is 1. The molecule has 146 valence electrons. The Labute approximate surface area is 175 Å². The Hall–Kier alpha value is -2.82. The number of furan rings is 1. The average molecular weight is 494 g/mol. The first-order chi connectivity index (χ1) is 13.4. The van der Waals surface area contributed by atoms with Crippen molar-refractivity contribution in [3.05, 3.63) is 51.6 Å². The van der Waals surface area contributed by atoms with Gasteiger partial charge < -0.3 is 19.6 Å². The van der Waals surface area contributed by atoms with E-state index in [1.165, 1.54) is 18.5 Å². The largest absolute Gasteiger partial charge is 0.496 e. The fraction of sp³-hybridized carbons (Fsp3) is 0.211. The van der Waals surface area contributed by atoms with Gasteiger partial charge in [-0.1, -0.05) is 13.8 Å². The van der Waals surface area contributed by atoms with Crippen LogP contribution in [0.15, 0.2) is 41.1 Å². The van der Waals surface area contributed by atoms with Gasteiger partial charge in [-0.3, -0.25) is 10.1 Å². The summed E-state index contributed by atoms with van der Waals surface area (Å²) in [4.78, 5) is 20.2. The van der Waals surface area contributed by atoms with E-state index < -0.39 is 5.91 Å². The van der Waals surface area contributed by atoms with Gasteiger partial charge >= 0.3 is 0 Å². The number of amides is 1. The summed E-state index contributed by atoms with van der Waals surface area (Å²) in [5.74, 6) is 1.75. The van der Waals surface area contributed by atoms with Gasteiger partial charge in [-0.25, -0.2) is 4.98 Å². The fourth-order valence-electron chi connectivity index (χ4n) is 2.46. The van der Waals surface area contributed by atoms with Crippen LogP contribution in [0.5, 0.6) is 17.2 Å². The van der Waals surface area contributed by atoms with Crippen LogP contribution < -0.4 is 20.5 Å². The van der Waals surface area contributed by atoms with Gasteiger partial charge in [-0.15, -0.1) is 0 Å². The number of aromatic nitrogens is 2. The zero-order chi connectivity index (χ0) is 20.3. The molecule has 0 saturated heterocycles. The smallest absolute Gasteiger partial charge is 0.293 e. The lowest BCUT2D eigenvalue weighted by Crippen LogP contribution is -2.14. The highest BCUT2D eigenvalue weighted by Gasteiger charge is 2.17. The van der Waals surface area contributed by atoms with E-state index in [1.54, 1.807) is 13.2 Å². The van der Waals surface area contributed by atoms with Crippen molar-refractivity contribution in [3.63, 3.8) is 0 Å². The number of benzene rings is 1. The minimum Gasteiger partial charge on any atom is -0.496 e. The number of nitrogen functional groups attached to an aromatic ring is 1. The van der Waals surface area contributed by atoms with E-state index in [2.05, 4.69) is 51.7 Å². The summed E-state index contributed by atoms with van der Waals surface area (Å²) in [7, 11) is 1.63. The third-order valence-corrected chi connectivity index (χ3v) is 4.72. The maximum Gasteiger partial charge on any atom is 0.293 e. The van der Waals surface area contributed by atoms with Crippen LogP contribution in [0.2, 0.25) is 0 Å². The molecule has 1 aromatic carbocycles. The molecule has 0 aliphatic heterocycles. The first-order valence-electron chi connectivity index (χ1n) is 8.41. The first kappa shape index (κ1) is 19.9. The van der Waals surface area contributed by atoms with E-state index in [9.17, 15) is 4.79 Å². The van der Waals surface area contributed by atoms with Crippen molar-refractivity contribution in [3.8, 4) is 17.2 Å². The molecule has 0 aliphatic rings. The molecule has 0 radical (unpaired) electrons. The number of hydrogen-bond donors (Lipinski definition) is 2. The predicted molar refractivity (Wildman–Crippen MR) is 113 cm³/mol. The first-order valence-corrected chi connectivity index (χ1v) is 9.49. The average Bonchev–Trinajstić information content (AvgIpc) is 3.18. The van der Waals surface area contributed by atoms with Crippen LogP contribution in [0.4, 0.5) is 11.8 Å². The van der Waals surface area contributed by atoms with Gasteiger partial charge in [-0.2, -0.15) is 4.98 Å². The second-order valence-electron chi connectivity index (χ2n) is 6.16. The summed E-state index contributed by atoms with van der Waals surface area (Å²) >= 11 is 2.18. The quantitative estimate of drug-likeness (QED) is 0.488. The van der Waals surface area contributed by atoms with Crippen molar-refractivity contribution in [2.75, 3.05) is 18.2 Å². The van der Waals surface area contributed by atoms with Crippen molar-refractivity contribution in [2.24, 2.45) is 0 Å². The Kier molecular flexibility index (Phi) is 6.02. The number of carbonyl (C=O) groups excluding carboxylic acids is 1. The molecule has 3 rings (SSSR count). The van der Waals surface area contributed by atoms with Crippen molar-refractivity contribution in [2.45, 2.75) is 19.8 Å². The third-order valence-electron chi connectivity index (χ3n) is 3.88. The molecular formula is C19H19IN4O4. The standard InChI is InChI=1S/C19H19IN4O4/c1-10(2)11-7-15(26-3)12(20)8-14(11)28-16-9-22-19(23-17(16)21)24-18(25)13-5-4-6-27-13/h4-10H,1-3H3,(H3,21,22,23,24,25). The monoisotopic (exact) mass is 494 g/mol. The number of nitrogens with two attached hydrogens (primary N) is 1. The van der Waals surface area contributed by atoms with Crippen molar-refractivity contribution < 1.29 is 18.7 Å². The SMILES string of the molecule is COc1cc(C(C)C)c(Oc2cnc(NC(=O)c3ccco3)nc2N)cc1I. The molecule has 0 fully saturated rings. The van der Waals surface area contributed by atoms with Gasteiger partial charge in [0.05, 0.1) is 23.1 Å². The maximum atomic E-state index is 12.0. The second kappa shape index (κ2) is 8.46. The summed E-state index contributed by atoms with van der Waals surface area (Å²) in [5, 5.41) is 2.52. The molecule has 0 aliphatic carbocycles. The predicted octanol–water partition coefficient (Wildman–Crippen LogP) is 4.43. The number of halogens is 1. The summed E-state index contributed by atoms with van der Waals surface area (Å²) in [6.07, 6.45) is 2.82. The van der Waals surface area contributed by atoms with Crippen LogP contribution in [0.1, 0.15) is 35.9 Å². The lowest BCUT2D eigenvalue weighted by molar-refractivity contribution is 0.0996. The Morgan fingerprint density at radius 3 is 2.68 bits per heavy atom. The Morgan fingerprint density at radius 1 is 1.29 bits per heavy atom. The number of methoxy groups -OCH3 is 1. The van der Waals surface area contributed by atoms with Crippen LogP contribution in [-0.4, -0.2) is 23.0 Å². The molecular weight excluding hydrogens is 475 g/mol. The second-order valence-corrected chi connectivity index (χ2v) is 7.32. The van der Waals surface area contributed by atoms with E-state index in [1.807, 2.05) is 12.1 Å². The topological polar surface area (TPSA) is 112 Å². The van der Waals surface area contributed by atoms with Gasteiger partial charge in [0.2, 0.25) is 5.95 Å². The lowest BCUT2D eigenvalue weighted by atomic mass is 10.0. The van der Waals surface area contributed by atoms with Gasteiger partial charge in [-0.05, 0) is 52.8 Å². The molecule has 3 N–H and O–H groups in total. The molecule has 0 unspecified atom stereocenters. The Morgan fingerprint density at radius 2 is 2.07 bits per heavy atom. The molecule has 0 saturated carbocycles. The molecule has 2 heterocycles. The van der Waals surface area contributed by atoms with Gasteiger partial charge in [0.25, 0.3) is 5.91 Å². The summed E-state index contributed by atoms with van der Waals surface area (Å²) in [6.45, 7) is 4.11. The molecule has 0 atom stereocenters. The highest BCUT2D eigenvalue weighted by atomic mass is 127. The molecule has 3 aromatic rings. The minimum absolute atomic E-state index is 0.0552. The summed E-state index contributed by atoms with van der Waals surface area (Å²) < 4.78 is 17.3. The highest BCUT2D eigenvalue weighted by Crippen LogP contribution is 2.37. The van der Waals surface area contributed by atoms with E-state index in [0.717, 1.165) is 14.9 Å². The van der Waals surface area contributed by atoms with E-state index in [4.69, 9.17) is 19.6 Å². The molecule has 1 amide bonds. The summed E-state index contributed by atoms with van der Waals surface area (Å²) in [5.41, 5.74) is 6.97. The normalized spacial score (nSPS) is 10.8. The van der Waals surface area contributed by atoms with E-state index in [0.29, 0.717) is 11.5 Å². The molecule has 2 aromatic heterocycles. The van der Waals surface area contributed by atoms with E-state index in [-0.39, 0.29) is 23.4 Å². The number of ether oxygens (including phenoxy) is 2. The fourth-order valence-corrected chi connectivity index (χ4v) is 3.12. The maximum absolute atomic E-state index is 12.0. The zero-order valence-electron chi connectivity index (χ0n) is 15.5. The van der Waals surface area contributed by atoms with Crippen molar-refractivity contribution >= 4 is 40.3 Å². The van der Waals surface area contributed by atoms with Crippen LogP contribution in [0, 0.1) is 3.57 Å². The van der Waals surface area contributed by atoms with Crippen molar-refractivity contribution in [1.29, 1.82) is 0 Å². The molecule has 0 bridgehead atoms. The van der Waals surface area contributed by atoms with E-state index >= 15 is 0 Å². The number of carbonyl (C=O) groups is 1. The molecule has 28 heavy (non-hydrogen) atoms. The lowest BCUT2D eigenvalue weighted by Gasteiger charge is -2.17. The van der Waals surface area contributed by atoms with Crippen LogP contribution in [0.25, 0.3) is 0 Å². The Bertz CT molecular complexity index is 990. The third kappa shape index (κ3) is 4.35. The van der Waals surface area contributed by atoms with Crippen LogP contribution in [-0.2, 0) is 0 Å². The minimum atomic E-state index is -0.468. The number of rotatable bonds is 6. The van der Waals surface area contributed by atoms with Gasteiger partial charge in [0.15, 0.2) is 17.3 Å². The zero-order valence-corrected chi connectivity index (χ0v) is 17.7. The highest BCUT2D eigenvalue weighted by molar-refractivity contribution is 14.1. The van der Waals surface area contributed by atoms with Crippen LogP contribution >= 0.6 is 22.6 Å². The number of anilines is 2. The molecule has 9 heteroatoms. The summed E-state index contributed by atoms with van der Waals surface area (Å²) in [6, 6.07) is 6.97. The van der Waals surface area contributed by atoms with Crippen molar-refractivity contribution in [1.82, 2.24) is 9.97 Å². The number of hydrogen-bond acceptors (Lipinski definition) is 7. The Balaban J connectivity index is 1.83. The van der Waals surface area contributed by atoms with Gasteiger partial charge in [0, 0.05) is 5.56 Å². The van der Waals surface area contributed by atoms with Gasteiger partial charge in [0.1, 0.15) is 11.5 Å². The molecule has 0 spiro atoms. The molecule has 8 nitrogen and oxygen atoms in total.